The molecule has 0 unspecified atom stereocenters. The minimum Gasteiger partial charge on any atom is -0.281 e. The number of amides is 1. The Morgan fingerprint density at radius 3 is 2.11 bits per heavy atom. The monoisotopic (exact) mass is 375 g/mol. The Balaban J connectivity index is 2.46. The Morgan fingerprint density at radius 1 is 0.926 bits per heavy atom. The van der Waals surface area contributed by atoms with E-state index in [2.05, 4.69) is 4.98 Å². The van der Waals surface area contributed by atoms with E-state index < -0.39 is 22.6 Å². The van der Waals surface area contributed by atoms with Gasteiger partial charge >= 0.3 is 5.69 Å². The van der Waals surface area contributed by atoms with Crippen LogP contribution < -0.4 is 16.1 Å². The van der Waals surface area contributed by atoms with E-state index in [0.29, 0.717) is 19.4 Å². The number of imidazole rings is 1. The molecule has 0 bridgehead atoms. The van der Waals surface area contributed by atoms with Crippen LogP contribution in [0.3, 0.4) is 0 Å². The van der Waals surface area contributed by atoms with E-state index in [9.17, 15) is 19.2 Å². The number of fused-ring (bicyclic) bond motifs is 3. The van der Waals surface area contributed by atoms with Crippen molar-refractivity contribution in [3.8, 4) is 0 Å². The number of unbranched alkanes of at least 4 members (excludes halogenated alkanes) is 1. The van der Waals surface area contributed by atoms with Crippen LogP contribution in [0, 0.1) is 5.41 Å². The van der Waals surface area contributed by atoms with Crippen molar-refractivity contribution in [3.05, 3.63) is 20.8 Å². The first-order chi connectivity index (χ1) is 12.8. The number of aromatic nitrogens is 4. The largest absolute Gasteiger partial charge is 0.332 e. The van der Waals surface area contributed by atoms with E-state index in [0.717, 1.165) is 17.4 Å². The second-order valence-corrected chi connectivity index (χ2v) is 7.03. The number of rotatable bonds is 5. The van der Waals surface area contributed by atoms with Gasteiger partial charge < -0.3 is 0 Å². The molecule has 9 heteroatoms. The fourth-order valence-electron chi connectivity index (χ4n) is 3.78. The molecular weight excluding hydrogens is 350 g/mol. The van der Waals surface area contributed by atoms with Gasteiger partial charge in [-0.3, -0.25) is 28.4 Å². The molecule has 0 spiro atoms. The second-order valence-electron chi connectivity index (χ2n) is 7.03. The van der Waals surface area contributed by atoms with Crippen LogP contribution in [0.2, 0.25) is 0 Å². The summed E-state index contributed by atoms with van der Waals surface area (Å²) in [6, 6.07) is 0. The van der Waals surface area contributed by atoms with Crippen LogP contribution in [0.15, 0.2) is 9.59 Å². The summed E-state index contributed by atoms with van der Waals surface area (Å²) < 4.78 is 3.44. The van der Waals surface area contributed by atoms with E-state index in [4.69, 9.17) is 0 Å². The van der Waals surface area contributed by atoms with Crippen LogP contribution in [0.4, 0.5) is 5.95 Å². The molecule has 1 aliphatic rings. The lowest BCUT2D eigenvalue weighted by molar-refractivity contribution is -0.127. The highest BCUT2D eigenvalue weighted by molar-refractivity contribution is 6.18. The molecule has 0 saturated heterocycles. The second kappa shape index (κ2) is 6.47. The highest BCUT2D eigenvalue weighted by Gasteiger charge is 2.52. The number of carbonyl (C=O) groups excluding carboxylic acids is 2. The molecule has 2 aromatic heterocycles. The summed E-state index contributed by atoms with van der Waals surface area (Å²) in [6.07, 6.45) is 2.26. The van der Waals surface area contributed by atoms with Crippen molar-refractivity contribution in [3.63, 3.8) is 0 Å². The molecule has 0 radical (unpaired) electrons. The van der Waals surface area contributed by atoms with Crippen molar-refractivity contribution < 1.29 is 9.59 Å². The van der Waals surface area contributed by atoms with Crippen LogP contribution in [0.5, 0.6) is 0 Å². The average molecular weight is 375 g/mol. The molecule has 0 aromatic carbocycles. The normalized spacial score (nSPS) is 16.3. The van der Waals surface area contributed by atoms with Crippen molar-refractivity contribution in [2.75, 3.05) is 11.4 Å². The first-order valence-electron chi connectivity index (χ1n) is 9.32. The molecule has 146 valence electrons. The van der Waals surface area contributed by atoms with Crippen molar-refractivity contribution in [1.82, 2.24) is 18.7 Å². The fourth-order valence-corrected chi connectivity index (χ4v) is 3.78. The minimum absolute atomic E-state index is 0.0415. The van der Waals surface area contributed by atoms with Gasteiger partial charge in [-0.2, -0.15) is 4.98 Å². The maximum Gasteiger partial charge on any atom is 0.332 e. The number of anilines is 1. The van der Waals surface area contributed by atoms with Crippen molar-refractivity contribution in [1.29, 1.82) is 0 Å². The van der Waals surface area contributed by atoms with Gasteiger partial charge in [-0.15, -0.1) is 0 Å². The van der Waals surface area contributed by atoms with Crippen LogP contribution in [0.25, 0.3) is 11.2 Å². The van der Waals surface area contributed by atoms with Gasteiger partial charge in [0.1, 0.15) is 5.41 Å². The summed E-state index contributed by atoms with van der Waals surface area (Å²) in [6.45, 7) is 6.02. The zero-order chi connectivity index (χ0) is 20.1. The zero-order valence-corrected chi connectivity index (χ0v) is 16.4. The van der Waals surface area contributed by atoms with Crippen molar-refractivity contribution in [2.45, 2.75) is 46.5 Å². The third kappa shape index (κ3) is 2.33. The molecule has 1 amide bonds. The fraction of sp³-hybridized carbons (Fsp3) is 0.611. The predicted molar refractivity (Wildman–Crippen MR) is 101 cm³/mol. The van der Waals surface area contributed by atoms with Gasteiger partial charge in [0, 0.05) is 20.6 Å². The van der Waals surface area contributed by atoms with Gasteiger partial charge in [0.2, 0.25) is 17.8 Å². The summed E-state index contributed by atoms with van der Waals surface area (Å²) in [5, 5.41) is 0. The molecule has 3 rings (SSSR count). The van der Waals surface area contributed by atoms with E-state index in [-0.39, 0.29) is 23.0 Å². The Labute approximate surface area is 156 Å². The quantitative estimate of drug-likeness (QED) is 0.727. The molecule has 9 nitrogen and oxygen atoms in total. The summed E-state index contributed by atoms with van der Waals surface area (Å²) in [5.74, 6) is -0.599. The van der Waals surface area contributed by atoms with Gasteiger partial charge in [0.25, 0.3) is 5.56 Å². The molecular formula is C18H25N5O4. The number of aryl methyl sites for hydroxylation is 1. The third-order valence-electron chi connectivity index (χ3n) is 5.69. The number of hydrogen-bond donors (Lipinski definition) is 0. The maximum atomic E-state index is 13.4. The SMILES string of the molecule is CCCCN1C(=O)C(CC)(CC)C(=O)n2c1nc1c2c(=O)n(C)c(=O)n1C. The highest BCUT2D eigenvalue weighted by atomic mass is 16.2. The highest BCUT2D eigenvalue weighted by Crippen LogP contribution is 2.39. The van der Waals surface area contributed by atoms with E-state index >= 15 is 0 Å². The zero-order valence-electron chi connectivity index (χ0n) is 16.4. The summed E-state index contributed by atoms with van der Waals surface area (Å²) in [7, 11) is 2.86. The number of carbonyl (C=O) groups is 2. The molecule has 0 aliphatic carbocycles. The van der Waals surface area contributed by atoms with Crippen molar-refractivity contribution >= 4 is 28.9 Å². The molecule has 0 fully saturated rings. The summed E-state index contributed by atoms with van der Waals surface area (Å²) >= 11 is 0. The lowest BCUT2D eigenvalue weighted by Gasteiger charge is -2.39. The van der Waals surface area contributed by atoms with Crippen molar-refractivity contribution in [2.24, 2.45) is 19.5 Å². The summed E-state index contributed by atoms with van der Waals surface area (Å²) in [4.78, 5) is 57.6. The first kappa shape index (κ1) is 19.1. The minimum atomic E-state index is -1.23. The van der Waals surface area contributed by atoms with Gasteiger partial charge in [-0.1, -0.05) is 27.2 Å². The molecule has 27 heavy (non-hydrogen) atoms. The molecule has 2 aromatic rings. The molecule has 3 heterocycles. The average Bonchev–Trinajstić information content (AvgIpc) is 3.06. The Bertz CT molecular complexity index is 1050. The van der Waals surface area contributed by atoms with Gasteiger partial charge in [-0.05, 0) is 19.3 Å². The third-order valence-corrected chi connectivity index (χ3v) is 5.69. The lowest BCUT2D eigenvalue weighted by Crippen LogP contribution is -2.56. The van der Waals surface area contributed by atoms with Crippen LogP contribution in [-0.4, -0.2) is 37.0 Å². The Hall–Kier alpha value is -2.71. The smallest absolute Gasteiger partial charge is 0.281 e. The number of hydrogen-bond acceptors (Lipinski definition) is 5. The topological polar surface area (TPSA) is 99.2 Å². The van der Waals surface area contributed by atoms with Crippen LogP contribution in [0.1, 0.15) is 51.2 Å². The molecule has 0 N–H and O–H groups in total. The Morgan fingerprint density at radius 2 is 1.56 bits per heavy atom. The van der Waals surface area contributed by atoms with Crippen LogP contribution in [-0.2, 0) is 18.9 Å². The van der Waals surface area contributed by atoms with Gasteiger partial charge in [0.05, 0.1) is 0 Å². The predicted octanol–water partition coefficient (Wildman–Crippen LogP) is 1.03. The molecule has 1 aliphatic heterocycles. The first-order valence-corrected chi connectivity index (χ1v) is 9.32. The van der Waals surface area contributed by atoms with E-state index in [1.54, 1.807) is 13.8 Å². The van der Waals surface area contributed by atoms with Crippen LogP contribution >= 0.6 is 0 Å². The summed E-state index contributed by atoms with van der Waals surface area (Å²) in [5.41, 5.74) is -2.19. The number of nitrogens with zero attached hydrogens (tertiary/aromatic N) is 5. The lowest BCUT2D eigenvalue weighted by atomic mass is 9.78. The van der Waals surface area contributed by atoms with E-state index in [1.807, 2.05) is 6.92 Å². The maximum absolute atomic E-state index is 13.4. The Kier molecular flexibility index (Phi) is 4.57. The van der Waals surface area contributed by atoms with E-state index in [1.165, 1.54) is 28.1 Å². The molecule has 0 saturated carbocycles. The van der Waals surface area contributed by atoms with Gasteiger partial charge in [-0.25, -0.2) is 9.36 Å². The van der Waals surface area contributed by atoms with Gasteiger partial charge in [0.15, 0.2) is 11.2 Å². The molecule has 0 atom stereocenters. The standard InChI is InChI=1S/C18H25N5O4/c1-6-9-10-22-14(25)18(7-2,8-3)15(26)23-11-12(19-16(22)23)20(4)17(27)21(5)13(11)24/h6-10H2,1-5H3.